The SMILES string of the molecule is CCCNC(=O)/C(N)=C(\N)c1cccc(-c2ccccn2)c1N. The number of pyridine rings is 1. The van der Waals surface area contributed by atoms with Crippen molar-refractivity contribution in [3.05, 3.63) is 53.9 Å². The van der Waals surface area contributed by atoms with Crippen LogP contribution in [0.25, 0.3) is 17.0 Å². The van der Waals surface area contributed by atoms with Gasteiger partial charge in [0, 0.05) is 23.9 Å². The van der Waals surface area contributed by atoms with E-state index < -0.39 is 5.91 Å². The predicted molar refractivity (Wildman–Crippen MR) is 92.7 cm³/mol. The van der Waals surface area contributed by atoms with Gasteiger partial charge >= 0.3 is 0 Å². The first-order chi connectivity index (χ1) is 11.1. The number of nitrogens with two attached hydrogens (primary N) is 3. The minimum atomic E-state index is -0.396. The number of para-hydroxylation sites is 1. The average molecular weight is 311 g/mol. The topological polar surface area (TPSA) is 120 Å². The van der Waals surface area contributed by atoms with Crippen molar-refractivity contribution < 1.29 is 4.79 Å². The van der Waals surface area contributed by atoms with E-state index >= 15 is 0 Å². The van der Waals surface area contributed by atoms with Crippen molar-refractivity contribution >= 4 is 17.3 Å². The van der Waals surface area contributed by atoms with Gasteiger partial charge in [0.25, 0.3) is 5.91 Å². The molecule has 0 aliphatic rings. The highest BCUT2D eigenvalue weighted by Crippen LogP contribution is 2.30. The summed E-state index contributed by atoms with van der Waals surface area (Å²) >= 11 is 0. The molecule has 6 heteroatoms. The molecule has 6 nitrogen and oxygen atoms in total. The molecule has 0 aliphatic heterocycles. The van der Waals surface area contributed by atoms with E-state index in [4.69, 9.17) is 17.2 Å². The van der Waals surface area contributed by atoms with E-state index in [1.165, 1.54) is 0 Å². The molecule has 7 N–H and O–H groups in total. The lowest BCUT2D eigenvalue weighted by atomic mass is 10.0. The summed E-state index contributed by atoms with van der Waals surface area (Å²) in [6, 6.07) is 10.9. The molecular weight excluding hydrogens is 290 g/mol. The minimum absolute atomic E-state index is 0.0386. The quantitative estimate of drug-likeness (QED) is 0.492. The minimum Gasteiger partial charge on any atom is -0.398 e. The zero-order valence-corrected chi connectivity index (χ0v) is 13.0. The van der Waals surface area contributed by atoms with Crippen molar-refractivity contribution in [2.24, 2.45) is 11.5 Å². The molecule has 1 aromatic carbocycles. The van der Waals surface area contributed by atoms with Crippen LogP contribution in [0, 0.1) is 0 Å². The fourth-order valence-corrected chi connectivity index (χ4v) is 2.15. The van der Waals surface area contributed by atoms with Crippen molar-refractivity contribution in [1.82, 2.24) is 10.3 Å². The van der Waals surface area contributed by atoms with Crippen LogP contribution in [0.1, 0.15) is 18.9 Å². The third-order valence-corrected chi connectivity index (χ3v) is 3.41. The molecule has 2 aromatic rings. The zero-order valence-electron chi connectivity index (χ0n) is 13.0. The molecule has 0 saturated carbocycles. The molecule has 1 heterocycles. The number of carbonyl (C=O) groups excluding carboxylic acids is 1. The summed E-state index contributed by atoms with van der Waals surface area (Å²) < 4.78 is 0. The van der Waals surface area contributed by atoms with Gasteiger partial charge in [-0.3, -0.25) is 9.78 Å². The van der Waals surface area contributed by atoms with Gasteiger partial charge in [-0.15, -0.1) is 0 Å². The number of amides is 1. The first-order valence-electron chi connectivity index (χ1n) is 7.40. The number of hydrogen-bond donors (Lipinski definition) is 4. The van der Waals surface area contributed by atoms with Crippen LogP contribution in [-0.2, 0) is 4.79 Å². The molecule has 1 aromatic heterocycles. The highest BCUT2D eigenvalue weighted by atomic mass is 16.2. The van der Waals surface area contributed by atoms with E-state index in [-0.39, 0.29) is 11.4 Å². The lowest BCUT2D eigenvalue weighted by Gasteiger charge is -2.13. The molecular formula is C17H21N5O. The molecule has 2 rings (SSSR count). The van der Waals surface area contributed by atoms with Gasteiger partial charge in [0.15, 0.2) is 0 Å². The highest BCUT2D eigenvalue weighted by Gasteiger charge is 2.15. The van der Waals surface area contributed by atoms with Crippen LogP contribution < -0.4 is 22.5 Å². The molecule has 0 bridgehead atoms. The number of nitrogens with zero attached hydrogens (tertiary/aromatic N) is 1. The second-order valence-corrected chi connectivity index (χ2v) is 5.07. The van der Waals surface area contributed by atoms with Crippen LogP contribution in [0.15, 0.2) is 48.3 Å². The van der Waals surface area contributed by atoms with Crippen LogP contribution in [0.2, 0.25) is 0 Å². The van der Waals surface area contributed by atoms with Crippen molar-refractivity contribution in [1.29, 1.82) is 0 Å². The van der Waals surface area contributed by atoms with Crippen molar-refractivity contribution in [3.8, 4) is 11.3 Å². The Kier molecular flexibility index (Phi) is 5.19. The standard InChI is InChI=1S/C17H21N5O/c1-2-9-22-17(23)16(20)15(19)12-7-5-6-11(14(12)18)13-8-3-4-10-21-13/h3-8,10H,2,9,18-20H2,1H3,(H,22,23)/b16-15+. The fraction of sp³-hybridized carbons (Fsp3) is 0.176. The van der Waals surface area contributed by atoms with E-state index in [1.54, 1.807) is 18.3 Å². The first kappa shape index (κ1) is 16.4. The van der Waals surface area contributed by atoms with Crippen molar-refractivity contribution in [3.63, 3.8) is 0 Å². The predicted octanol–water partition coefficient (Wildman–Crippen LogP) is 1.44. The number of aromatic nitrogens is 1. The number of carbonyl (C=O) groups is 1. The van der Waals surface area contributed by atoms with Crippen molar-refractivity contribution in [2.75, 3.05) is 12.3 Å². The van der Waals surface area contributed by atoms with Crippen LogP contribution in [-0.4, -0.2) is 17.4 Å². The van der Waals surface area contributed by atoms with E-state index in [2.05, 4.69) is 10.3 Å². The molecule has 0 radical (unpaired) electrons. The van der Waals surface area contributed by atoms with Crippen LogP contribution >= 0.6 is 0 Å². The molecule has 0 aliphatic carbocycles. The van der Waals surface area contributed by atoms with Gasteiger partial charge < -0.3 is 22.5 Å². The van der Waals surface area contributed by atoms with Gasteiger partial charge in [0.2, 0.25) is 0 Å². The number of anilines is 1. The maximum Gasteiger partial charge on any atom is 0.269 e. The van der Waals surface area contributed by atoms with Crippen molar-refractivity contribution in [2.45, 2.75) is 13.3 Å². The average Bonchev–Trinajstić information content (AvgIpc) is 2.59. The second kappa shape index (κ2) is 7.31. The molecule has 0 atom stereocenters. The highest BCUT2D eigenvalue weighted by molar-refractivity contribution is 6.01. The van der Waals surface area contributed by atoms with Gasteiger partial charge in [-0.05, 0) is 18.6 Å². The Morgan fingerprint density at radius 2 is 1.96 bits per heavy atom. The molecule has 0 fully saturated rings. The number of nitrogens with one attached hydrogen (secondary N) is 1. The van der Waals surface area contributed by atoms with Gasteiger partial charge in [0.05, 0.1) is 17.1 Å². The summed E-state index contributed by atoms with van der Waals surface area (Å²) in [4.78, 5) is 16.2. The second-order valence-electron chi connectivity index (χ2n) is 5.07. The van der Waals surface area contributed by atoms with E-state index in [1.807, 2.05) is 31.2 Å². The van der Waals surface area contributed by atoms with Crippen LogP contribution in [0.4, 0.5) is 5.69 Å². The largest absolute Gasteiger partial charge is 0.398 e. The monoisotopic (exact) mass is 311 g/mol. The Hall–Kier alpha value is -3.02. The number of hydrogen-bond acceptors (Lipinski definition) is 5. The number of rotatable bonds is 5. The molecule has 1 amide bonds. The summed E-state index contributed by atoms with van der Waals surface area (Å²) in [6.07, 6.45) is 2.50. The third kappa shape index (κ3) is 3.60. The van der Waals surface area contributed by atoms with E-state index in [0.29, 0.717) is 17.8 Å². The maximum atomic E-state index is 12.0. The summed E-state index contributed by atoms with van der Waals surface area (Å²) in [5.74, 6) is -0.396. The Labute approximate surface area is 135 Å². The summed E-state index contributed by atoms with van der Waals surface area (Å²) in [7, 11) is 0. The number of nitrogen functional groups attached to an aromatic ring is 1. The number of benzene rings is 1. The van der Waals surface area contributed by atoms with Crippen LogP contribution in [0.5, 0.6) is 0 Å². The summed E-state index contributed by atoms with van der Waals surface area (Å²) in [6.45, 7) is 2.49. The summed E-state index contributed by atoms with van der Waals surface area (Å²) in [5, 5.41) is 2.69. The smallest absolute Gasteiger partial charge is 0.269 e. The Morgan fingerprint density at radius 1 is 1.17 bits per heavy atom. The van der Waals surface area contributed by atoms with Gasteiger partial charge in [-0.1, -0.05) is 31.2 Å². The molecule has 0 spiro atoms. The Morgan fingerprint density at radius 3 is 2.61 bits per heavy atom. The molecule has 0 saturated heterocycles. The third-order valence-electron chi connectivity index (χ3n) is 3.41. The lowest BCUT2D eigenvalue weighted by Crippen LogP contribution is -2.31. The normalized spacial score (nSPS) is 11.7. The van der Waals surface area contributed by atoms with E-state index in [0.717, 1.165) is 17.7 Å². The first-order valence-corrected chi connectivity index (χ1v) is 7.40. The molecule has 120 valence electrons. The van der Waals surface area contributed by atoms with Gasteiger partial charge in [-0.25, -0.2) is 0 Å². The Bertz CT molecular complexity index is 725. The van der Waals surface area contributed by atoms with Gasteiger partial charge in [0.1, 0.15) is 5.70 Å². The maximum absolute atomic E-state index is 12.0. The summed E-state index contributed by atoms with van der Waals surface area (Å²) in [5.41, 5.74) is 20.7. The van der Waals surface area contributed by atoms with E-state index in [9.17, 15) is 4.79 Å². The lowest BCUT2D eigenvalue weighted by molar-refractivity contribution is -0.117. The molecule has 0 unspecified atom stereocenters. The zero-order chi connectivity index (χ0) is 16.8. The fourth-order valence-electron chi connectivity index (χ4n) is 2.15. The van der Waals surface area contributed by atoms with Crippen LogP contribution in [0.3, 0.4) is 0 Å². The Balaban J connectivity index is 2.42. The molecule has 23 heavy (non-hydrogen) atoms. The van der Waals surface area contributed by atoms with Gasteiger partial charge in [-0.2, -0.15) is 0 Å².